The molecule has 2 rings (SSSR count). The molecule has 2 aromatic heterocycles. The van der Waals surface area contributed by atoms with Crippen molar-refractivity contribution in [3.8, 4) is 0 Å². The minimum absolute atomic E-state index is 0.661. The maximum Gasteiger partial charge on any atom is 0.148 e. The summed E-state index contributed by atoms with van der Waals surface area (Å²) in [5.74, 6) is 7.69. The molecule has 0 unspecified atom stereocenters. The monoisotopic (exact) mass is 264 g/mol. The minimum atomic E-state index is 0.661. The zero-order chi connectivity index (χ0) is 13.0. The van der Waals surface area contributed by atoms with Gasteiger partial charge < -0.3 is 10.7 Å². The van der Waals surface area contributed by atoms with Crippen LogP contribution in [0.5, 0.6) is 0 Å². The highest BCUT2D eigenvalue weighted by atomic mass is 32.1. The molecule has 96 valence electrons. The highest BCUT2D eigenvalue weighted by Crippen LogP contribution is 2.20. The van der Waals surface area contributed by atoms with Crippen LogP contribution in [0.4, 0.5) is 11.6 Å². The summed E-state index contributed by atoms with van der Waals surface area (Å²) < 4.78 is 0. The third-order valence-corrected chi connectivity index (χ3v) is 3.34. The summed E-state index contributed by atoms with van der Waals surface area (Å²) in [7, 11) is 0. The van der Waals surface area contributed by atoms with Crippen LogP contribution < -0.4 is 16.6 Å². The molecule has 7 heteroatoms. The molecule has 18 heavy (non-hydrogen) atoms. The molecule has 0 radical (unpaired) electrons. The van der Waals surface area contributed by atoms with Gasteiger partial charge in [0.15, 0.2) is 0 Å². The third-order valence-electron chi connectivity index (χ3n) is 2.56. The first-order chi connectivity index (χ1) is 8.74. The van der Waals surface area contributed by atoms with Crippen LogP contribution in [0.1, 0.15) is 23.2 Å². The number of hydrogen-bond acceptors (Lipinski definition) is 7. The van der Waals surface area contributed by atoms with Crippen LogP contribution >= 0.6 is 11.3 Å². The first-order valence-electron chi connectivity index (χ1n) is 5.70. The van der Waals surface area contributed by atoms with Crippen molar-refractivity contribution >= 4 is 23.0 Å². The van der Waals surface area contributed by atoms with E-state index in [4.69, 9.17) is 5.84 Å². The normalized spacial score (nSPS) is 10.4. The fraction of sp³-hybridized carbons (Fsp3) is 0.364. The SMILES string of the molecule is CCc1nc(NN)c(C)c(NCc2cncs2)n1. The minimum Gasteiger partial charge on any atom is -0.365 e. The number of rotatable bonds is 5. The zero-order valence-corrected chi connectivity index (χ0v) is 11.2. The number of hydrazine groups is 1. The fourth-order valence-corrected chi connectivity index (χ4v) is 2.07. The lowest BCUT2D eigenvalue weighted by Crippen LogP contribution is -2.14. The number of aromatic nitrogens is 3. The molecule has 2 aromatic rings. The van der Waals surface area contributed by atoms with Gasteiger partial charge in [-0.3, -0.25) is 4.98 Å². The van der Waals surface area contributed by atoms with E-state index in [9.17, 15) is 0 Å². The van der Waals surface area contributed by atoms with Crippen LogP contribution in [0.15, 0.2) is 11.7 Å². The van der Waals surface area contributed by atoms with Crippen LogP contribution in [0, 0.1) is 6.92 Å². The Morgan fingerprint density at radius 1 is 1.33 bits per heavy atom. The number of thiazole rings is 1. The maximum atomic E-state index is 5.46. The number of nitrogens with one attached hydrogen (secondary N) is 2. The first-order valence-corrected chi connectivity index (χ1v) is 6.58. The van der Waals surface area contributed by atoms with E-state index in [1.807, 2.05) is 25.6 Å². The van der Waals surface area contributed by atoms with Gasteiger partial charge in [-0.25, -0.2) is 15.8 Å². The molecule has 0 aliphatic heterocycles. The van der Waals surface area contributed by atoms with Crippen LogP contribution in [-0.4, -0.2) is 15.0 Å². The molecule has 0 saturated carbocycles. The number of nitrogen functional groups attached to an aromatic ring is 1. The second-order valence-corrected chi connectivity index (χ2v) is 4.75. The van der Waals surface area contributed by atoms with Crippen molar-refractivity contribution in [2.24, 2.45) is 5.84 Å². The number of hydrogen-bond donors (Lipinski definition) is 3. The molecule has 0 aliphatic carbocycles. The summed E-state index contributed by atoms with van der Waals surface area (Å²) in [5, 5.41) is 3.29. The molecule has 0 aromatic carbocycles. The number of aryl methyl sites for hydroxylation is 1. The van der Waals surface area contributed by atoms with E-state index in [-0.39, 0.29) is 0 Å². The molecule has 6 nitrogen and oxygen atoms in total. The van der Waals surface area contributed by atoms with Gasteiger partial charge in [-0.05, 0) is 6.92 Å². The van der Waals surface area contributed by atoms with Crippen molar-refractivity contribution in [3.05, 3.63) is 28.0 Å². The molecular formula is C11H16N6S. The van der Waals surface area contributed by atoms with E-state index in [1.165, 1.54) is 0 Å². The fourth-order valence-electron chi connectivity index (χ4n) is 1.53. The lowest BCUT2D eigenvalue weighted by atomic mass is 10.3. The van der Waals surface area contributed by atoms with Gasteiger partial charge in [0.1, 0.15) is 17.5 Å². The Kier molecular flexibility index (Phi) is 4.06. The average molecular weight is 264 g/mol. The van der Waals surface area contributed by atoms with Crippen LogP contribution in [0.25, 0.3) is 0 Å². The zero-order valence-electron chi connectivity index (χ0n) is 10.4. The van der Waals surface area contributed by atoms with Gasteiger partial charge in [0.2, 0.25) is 0 Å². The van der Waals surface area contributed by atoms with Crippen molar-refractivity contribution in [1.82, 2.24) is 15.0 Å². The molecule has 0 aliphatic rings. The second-order valence-electron chi connectivity index (χ2n) is 3.78. The molecule has 0 saturated heterocycles. The first kappa shape index (κ1) is 12.7. The van der Waals surface area contributed by atoms with E-state index in [0.29, 0.717) is 12.4 Å². The Hall–Kier alpha value is -1.73. The molecule has 0 fully saturated rings. The predicted octanol–water partition coefficient (Wildman–Crippen LogP) is 1.70. The van der Waals surface area contributed by atoms with E-state index >= 15 is 0 Å². The van der Waals surface area contributed by atoms with Gasteiger partial charge in [-0.1, -0.05) is 6.92 Å². The molecule has 2 heterocycles. The number of nitrogens with zero attached hydrogens (tertiary/aromatic N) is 3. The summed E-state index contributed by atoms with van der Waals surface area (Å²) in [5.41, 5.74) is 5.33. The van der Waals surface area contributed by atoms with Crippen LogP contribution in [0.3, 0.4) is 0 Å². The summed E-state index contributed by atoms with van der Waals surface area (Å²) in [6, 6.07) is 0. The Morgan fingerprint density at radius 3 is 2.72 bits per heavy atom. The Balaban J connectivity index is 2.20. The van der Waals surface area contributed by atoms with Gasteiger partial charge in [-0.2, -0.15) is 0 Å². The van der Waals surface area contributed by atoms with Gasteiger partial charge in [0.05, 0.1) is 12.1 Å². The topological polar surface area (TPSA) is 88.8 Å². The summed E-state index contributed by atoms with van der Waals surface area (Å²) in [6.07, 6.45) is 2.61. The van der Waals surface area contributed by atoms with Crippen molar-refractivity contribution in [2.45, 2.75) is 26.8 Å². The summed E-state index contributed by atoms with van der Waals surface area (Å²) in [6.45, 7) is 4.65. The van der Waals surface area contributed by atoms with E-state index in [2.05, 4.69) is 25.7 Å². The average Bonchev–Trinajstić information content (AvgIpc) is 2.90. The Bertz CT molecular complexity index is 511. The van der Waals surface area contributed by atoms with E-state index in [0.717, 1.165) is 28.5 Å². The van der Waals surface area contributed by atoms with E-state index < -0.39 is 0 Å². The largest absolute Gasteiger partial charge is 0.365 e. The van der Waals surface area contributed by atoms with Crippen molar-refractivity contribution < 1.29 is 0 Å². The predicted molar refractivity (Wildman–Crippen MR) is 73.4 cm³/mol. The maximum absolute atomic E-state index is 5.46. The van der Waals surface area contributed by atoms with E-state index in [1.54, 1.807) is 11.3 Å². The highest BCUT2D eigenvalue weighted by molar-refractivity contribution is 7.09. The Morgan fingerprint density at radius 2 is 2.11 bits per heavy atom. The van der Waals surface area contributed by atoms with Crippen LogP contribution in [0.2, 0.25) is 0 Å². The molecular weight excluding hydrogens is 248 g/mol. The third kappa shape index (κ3) is 2.74. The summed E-state index contributed by atoms with van der Waals surface area (Å²) in [4.78, 5) is 14.0. The smallest absolute Gasteiger partial charge is 0.148 e. The second kappa shape index (κ2) is 5.74. The Labute approximate surface area is 110 Å². The lowest BCUT2D eigenvalue weighted by molar-refractivity contribution is 0.922. The van der Waals surface area contributed by atoms with Crippen LogP contribution in [-0.2, 0) is 13.0 Å². The standard InChI is InChI=1S/C11H16N6S/c1-3-9-15-10(7(2)11(16-9)17-12)14-5-8-4-13-6-18-8/h4,6H,3,5,12H2,1-2H3,(H2,14,15,16,17). The molecule has 0 atom stereocenters. The molecule has 0 spiro atoms. The van der Waals surface area contributed by atoms with Gasteiger partial charge >= 0.3 is 0 Å². The number of anilines is 2. The molecule has 0 amide bonds. The van der Waals surface area contributed by atoms with Gasteiger partial charge in [0.25, 0.3) is 0 Å². The molecule has 4 N–H and O–H groups in total. The van der Waals surface area contributed by atoms with Crippen molar-refractivity contribution in [1.29, 1.82) is 0 Å². The lowest BCUT2D eigenvalue weighted by Gasteiger charge is -2.12. The van der Waals surface area contributed by atoms with Crippen molar-refractivity contribution in [3.63, 3.8) is 0 Å². The summed E-state index contributed by atoms with van der Waals surface area (Å²) >= 11 is 1.61. The number of nitrogens with two attached hydrogens (primary N) is 1. The highest BCUT2D eigenvalue weighted by Gasteiger charge is 2.09. The van der Waals surface area contributed by atoms with Crippen molar-refractivity contribution in [2.75, 3.05) is 10.7 Å². The van der Waals surface area contributed by atoms with Gasteiger partial charge in [0, 0.05) is 23.1 Å². The quantitative estimate of drug-likeness (QED) is 0.562. The van der Waals surface area contributed by atoms with Gasteiger partial charge in [-0.15, -0.1) is 11.3 Å². The molecule has 0 bridgehead atoms.